The Kier molecular flexibility index (Phi) is 7.55. The lowest BCUT2D eigenvalue weighted by molar-refractivity contribution is -0.162. The maximum Gasteiger partial charge on any atom is 0.346 e. The van der Waals surface area contributed by atoms with Gasteiger partial charge in [0.15, 0.2) is 5.60 Å². The fourth-order valence-corrected chi connectivity index (χ4v) is 9.60. The number of fused-ring (bicyclic) bond motifs is 4. The van der Waals surface area contributed by atoms with E-state index in [0.29, 0.717) is 6.42 Å². The molecule has 1 N–H and O–H groups in total. The summed E-state index contributed by atoms with van der Waals surface area (Å²) in [6, 6.07) is 0. The number of hydrogen-bond acceptors (Lipinski definition) is 6. The lowest BCUT2D eigenvalue weighted by atomic mass is 9.49. The summed E-state index contributed by atoms with van der Waals surface area (Å²) < 4.78 is 12.1. The van der Waals surface area contributed by atoms with Gasteiger partial charge in [-0.3, -0.25) is 9.59 Å². The number of aliphatic hydroxyl groups is 1. The van der Waals surface area contributed by atoms with Crippen LogP contribution in [0.1, 0.15) is 94.4 Å². The molecule has 0 radical (unpaired) electrons. The van der Waals surface area contributed by atoms with Gasteiger partial charge in [-0.15, -0.1) is 0 Å². The number of carbonyl (C=O) groups excluding carboxylic acids is 3. The van der Waals surface area contributed by atoms with E-state index in [2.05, 4.69) is 65.8 Å². The van der Waals surface area contributed by atoms with E-state index in [1.54, 1.807) is 0 Å². The standard InChI is InChI=1S/C36H48O6/c1-19-11-10-12-20(2)29-22(4)15-26-27(41-25(7)37)14-13-21(3)30(26)35(29,9)31(38)28-32(39)36(42-33(28)40)18-24(6)23(5)17-34(36,8)16-19/h12,15-17,21,24,26-27,29-30,38H,10-11,13-14,18H2,1-9H3/b19-16+,20-12+,31-28?/t21-,24+,26+,27-,29+,30+,34+,35+,36+/m0/s1. The topological polar surface area (TPSA) is 89.9 Å². The first-order valence-electron chi connectivity index (χ1n) is 15.7. The van der Waals surface area contributed by atoms with Crippen molar-refractivity contribution in [2.75, 3.05) is 0 Å². The molecule has 4 aliphatic carbocycles. The third-order valence-electron chi connectivity index (χ3n) is 11.5. The minimum atomic E-state index is -1.42. The first-order chi connectivity index (χ1) is 19.6. The summed E-state index contributed by atoms with van der Waals surface area (Å²) in [5, 5.41) is 12.5. The predicted octanol–water partition coefficient (Wildman–Crippen LogP) is 7.52. The fourth-order valence-electron chi connectivity index (χ4n) is 9.60. The first kappa shape index (κ1) is 30.6. The molecule has 2 fully saturated rings. The highest BCUT2D eigenvalue weighted by Gasteiger charge is 2.66. The minimum absolute atomic E-state index is 0.0417. The number of ketones is 1. The van der Waals surface area contributed by atoms with Crippen molar-refractivity contribution in [3.05, 3.63) is 57.9 Å². The van der Waals surface area contributed by atoms with Gasteiger partial charge in [0.25, 0.3) is 0 Å². The molecule has 0 aromatic heterocycles. The molecule has 6 nitrogen and oxygen atoms in total. The lowest BCUT2D eigenvalue weighted by Gasteiger charge is -2.56. The molecule has 6 heteroatoms. The van der Waals surface area contributed by atoms with Crippen LogP contribution in [0.4, 0.5) is 0 Å². The minimum Gasteiger partial charge on any atom is -0.511 e. The van der Waals surface area contributed by atoms with E-state index in [1.807, 2.05) is 13.8 Å². The molecule has 228 valence electrons. The Hall–Kier alpha value is -2.89. The summed E-state index contributed by atoms with van der Waals surface area (Å²) in [7, 11) is 0. The number of carbonyl (C=O) groups is 3. The average Bonchev–Trinajstić information content (AvgIpc) is 3.13. The van der Waals surface area contributed by atoms with Crippen LogP contribution < -0.4 is 0 Å². The lowest BCUT2D eigenvalue weighted by Crippen LogP contribution is -2.54. The zero-order valence-corrected chi connectivity index (χ0v) is 26.8. The van der Waals surface area contributed by atoms with Gasteiger partial charge in [0.2, 0.25) is 5.78 Å². The summed E-state index contributed by atoms with van der Waals surface area (Å²) >= 11 is 0. The molecule has 0 amide bonds. The van der Waals surface area contributed by atoms with Crippen molar-refractivity contribution < 1.29 is 29.0 Å². The maximum atomic E-state index is 14.8. The van der Waals surface area contributed by atoms with E-state index in [0.717, 1.165) is 48.0 Å². The summed E-state index contributed by atoms with van der Waals surface area (Å²) in [6.45, 7) is 18.0. The molecular formula is C36H48O6. The summed E-state index contributed by atoms with van der Waals surface area (Å²) in [5.41, 5.74) is 0.982. The van der Waals surface area contributed by atoms with Crippen molar-refractivity contribution in [1.29, 1.82) is 0 Å². The molecule has 5 rings (SSSR count). The summed E-state index contributed by atoms with van der Waals surface area (Å²) in [5.74, 6) is -2.01. The summed E-state index contributed by atoms with van der Waals surface area (Å²) in [4.78, 5) is 40.8. The van der Waals surface area contributed by atoms with Crippen molar-refractivity contribution in [2.45, 2.75) is 106 Å². The first-order valence-corrected chi connectivity index (χ1v) is 15.7. The van der Waals surface area contributed by atoms with E-state index in [4.69, 9.17) is 9.47 Å². The molecule has 1 aliphatic heterocycles. The molecule has 0 aromatic carbocycles. The maximum absolute atomic E-state index is 14.8. The van der Waals surface area contributed by atoms with Crippen LogP contribution >= 0.6 is 0 Å². The molecule has 2 bridgehead atoms. The molecule has 42 heavy (non-hydrogen) atoms. The zero-order valence-electron chi connectivity index (χ0n) is 26.8. The van der Waals surface area contributed by atoms with Gasteiger partial charge in [0.05, 0.1) is 5.41 Å². The van der Waals surface area contributed by atoms with Crippen LogP contribution in [0.3, 0.4) is 0 Å². The van der Waals surface area contributed by atoms with Crippen LogP contribution in [0, 0.1) is 40.4 Å². The largest absolute Gasteiger partial charge is 0.511 e. The van der Waals surface area contributed by atoms with E-state index >= 15 is 0 Å². The zero-order chi connectivity index (χ0) is 30.9. The van der Waals surface area contributed by atoms with Crippen LogP contribution in [0.15, 0.2) is 57.9 Å². The van der Waals surface area contributed by atoms with Crippen molar-refractivity contribution >= 4 is 17.7 Å². The highest BCUT2D eigenvalue weighted by atomic mass is 16.6. The molecule has 0 aromatic rings. The van der Waals surface area contributed by atoms with E-state index in [-0.39, 0.29) is 53.0 Å². The molecule has 9 atom stereocenters. The molecular weight excluding hydrogens is 528 g/mol. The Morgan fingerprint density at radius 3 is 2.38 bits per heavy atom. The van der Waals surface area contributed by atoms with Crippen molar-refractivity contribution in [1.82, 2.24) is 0 Å². The highest BCUT2D eigenvalue weighted by molar-refractivity contribution is 6.26. The monoisotopic (exact) mass is 576 g/mol. The molecule has 1 spiro atoms. The second-order valence-electron chi connectivity index (χ2n) is 14.5. The predicted molar refractivity (Wildman–Crippen MR) is 162 cm³/mol. The van der Waals surface area contributed by atoms with E-state index in [1.165, 1.54) is 6.92 Å². The third-order valence-corrected chi connectivity index (χ3v) is 11.5. The quantitative estimate of drug-likeness (QED) is 0.197. The Balaban J connectivity index is 1.80. The number of rotatable bonds is 1. The van der Waals surface area contributed by atoms with E-state index in [9.17, 15) is 19.5 Å². The molecule has 0 unspecified atom stereocenters. The molecule has 1 saturated heterocycles. The molecule has 1 saturated carbocycles. The van der Waals surface area contributed by atoms with Gasteiger partial charge in [0, 0.05) is 30.6 Å². The molecule has 1 heterocycles. The van der Waals surface area contributed by atoms with Crippen molar-refractivity contribution in [3.8, 4) is 0 Å². The van der Waals surface area contributed by atoms with Crippen molar-refractivity contribution in [2.24, 2.45) is 40.4 Å². The number of hydrogen-bond donors (Lipinski definition) is 1. The number of esters is 2. The Bertz CT molecular complexity index is 1370. The van der Waals surface area contributed by atoms with Crippen LogP contribution in [-0.2, 0) is 23.9 Å². The van der Waals surface area contributed by atoms with Crippen molar-refractivity contribution in [3.63, 3.8) is 0 Å². The highest BCUT2D eigenvalue weighted by Crippen LogP contribution is 2.62. The Morgan fingerprint density at radius 1 is 1.02 bits per heavy atom. The van der Waals surface area contributed by atoms with Gasteiger partial charge in [-0.05, 0) is 78.1 Å². The number of Topliss-reactive ketones (excluding diaryl/α,β-unsaturated/α-hetero) is 1. The van der Waals surface area contributed by atoms with Gasteiger partial charge in [-0.2, -0.15) is 0 Å². The molecule has 5 aliphatic rings. The second kappa shape index (κ2) is 10.4. The number of aliphatic hydroxyl groups excluding tert-OH is 1. The van der Waals surface area contributed by atoms with Crippen LogP contribution in [0.25, 0.3) is 0 Å². The smallest absolute Gasteiger partial charge is 0.346 e. The van der Waals surface area contributed by atoms with Gasteiger partial charge >= 0.3 is 11.9 Å². The van der Waals surface area contributed by atoms with Gasteiger partial charge in [-0.25, -0.2) is 4.79 Å². The van der Waals surface area contributed by atoms with Crippen LogP contribution in [0.2, 0.25) is 0 Å². The second-order valence-corrected chi connectivity index (χ2v) is 14.5. The normalized spacial score (nSPS) is 44.7. The number of allylic oxidation sites excluding steroid dienone is 6. The Morgan fingerprint density at radius 2 is 1.71 bits per heavy atom. The van der Waals surface area contributed by atoms with Crippen LogP contribution in [-0.4, -0.2) is 34.5 Å². The van der Waals surface area contributed by atoms with Gasteiger partial charge in [0.1, 0.15) is 17.4 Å². The third kappa shape index (κ3) is 4.38. The van der Waals surface area contributed by atoms with Crippen LogP contribution in [0.5, 0.6) is 0 Å². The Labute approximate surface area is 251 Å². The average molecular weight is 577 g/mol. The summed E-state index contributed by atoms with van der Waals surface area (Å²) in [6.07, 6.45) is 11.9. The fraction of sp³-hybridized carbons (Fsp3) is 0.639. The SMILES string of the molecule is CC(=O)O[C@H]1CC[C@H](C)[C@@H]2[C@@H]1C=C(C)[C@H]1/C(C)=C/CC/C(C)=C/[C@]3(C)C=C(C)[C@H](C)C[C@]34OC(=O)C(=C(O)[C@@]21C)C4=O. The number of ether oxygens (including phenoxy) is 2. The van der Waals surface area contributed by atoms with Gasteiger partial charge < -0.3 is 14.6 Å². The van der Waals surface area contributed by atoms with Gasteiger partial charge in [-0.1, -0.05) is 67.4 Å². The van der Waals surface area contributed by atoms with E-state index < -0.39 is 28.2 Å².